The van der Waals surface area contributed by atoms with Gasteiger partial charge in [-0.3, -0.25) is 4.90 Å². The highest BCUT2D eigenvalue weighted by Crippen LogP contribution is 2.21. The first-order valence-corrected chi connectivity index (χ1v) is 7.76. The predicted octanol–water partition coefficient (Wildman–Crippen LogP) is 2.18. The highest BCUT2D eigenvalue weighted by molar-refractivity contribution is 5.39. The third-order valence-electron chi connectivity index (χ3n) is 4.31. The van der Waals surface area contributed by atoms with Gasteiger partial charge in [0, 0.05) is 51.4 Å². The summed E-state index contributed by atoms with van der Waals surface area (Å²) in [6.07, 6.45) is 5.67. The van der Waals surface area contributed by atoms with Crippen LogP contribution in [-0.2, 0) is 6.54 Å². The first kappa shape index (κ1) is 15.0. The minimum Gasteiger partial charge on any atom is -0.449 e. The van der Waals surface area contributed by atoms with Gasteiger partial charge in [-0.15, -0.1) is 0 Å². The van der Waals surface area contributed by atoms with Gasteiger partial charge in [-0.25, -0.2) is 15.0 Å². The van der Waals surface area contributed by atoms with Crippen molar-refractivity contribution >= 4 is 5.82 Å². The molecule has 0 bridgehead atoms. The number of nitrogens with zero attached hydrogens (tertiary/aromatic N) is 5. The van der Waals surface area contributed by atoms with Crippen LogP contribution in [0.2, 0.25) is 0 Å². The van der Waals surface area contributed by atoms with E-state index >= 15 is 0 Å². The molecule has 6 heteroatoms. The molecule has 2 aromatic rings. The minimum atomic E-state index is 0.532. The number of rotatable bonds is 4. The Labute approximate surface area is 131 Å². The molecule has 0 unspecified atom stereocenters. The van der Waals surface area contributed by atoms with E-state index in [1.54, 1.807) is 12.6 Å². The molecule has 1 fully saturated rings. The van der Waals surface area contributed by atoms with Crippen LogP contribution in [0.5, 0.6) is 0 Å². The van der Waals surface area contributed by atoms with E-state index in [4.69, 9.17) is 4.42 Å². The SMILES string of the molecule is Cc1cc(N(C)C2CCN(Cc3coc(C)n3)CC2)ncn1. The molecule has 0 amide bonds. The van der Waals surface area contributed by atoms with E-state index in [2.05, 4.69) is 31.8 Å². The molecule has 1 aliphatic heterocycles. The quantitative estimate of drug-likeness (QED) is 0.862. The summed E-state index contributed by atoms with van der Waals surface area (Å²) in [6.45, 7) is 6.91. The average Bonchev–Trinajstić information content (AvgIpc) is 2.92. The van der Waals surface area contributed by atoms with Crippen molar-refractivity contribution in [1.29, 1.82) is 0 Å². The lowest BCUT2D eigenvalue weighted by Crippen LogP contribution is -2.43. The van der Waals surface area contributed by atoms with E-state index in [1.165, 1.54) is 0 Å². The maximum absolute atomic E-state index is 5.27. The normalized spacial score (nSPS) is 16.9. The molecule has 1 aliphatic rings. The topological polar surface area (TPSA) is 58.3 Å². The standard InChI is InChI=1S/C16H23N5O/c1-12-8-16(18-11-17-12)20(3)15-4-6-21(7-5-15)9-14-10-22-13(2)19-14/h8,10-11,15H,4-7,9H2,1-3H3. The molecule has 22 heavy (non-hydrogen) atoms. The lowest BCUT2D eigenvalue weighted by molar-refractivity contribution is 0.201. The van der Waals surface area contributed by atoms with Gasteiger partial charge in [0.2, 0.25) is 0 Å². The van der Waals surface area contributed by atoms with Crippen LogP contribution in [0, 0.1) is 13.8 Å². The van der Waals surface area contributed by atoms with Gasteiger partial charge < -0.3 is 9.32 Å². The Bertz CT molecular complexity index is 619. The van der Waals surface area contributed by atoms with Crippen LogP contribution in [0.25, 0.3) is 0 Å². The molecular weight excluding hydrogens is 278 g/mol. The van der Waals surface area contributed by atoms with E-state index < -0.39 is 0 Å². The summed E-state index contributed by atoms with van der Waals surface area (Å²) in [5, 5.41) is 0. The monoisotopic (exact) mass is 301 g/mol. The van der Waals surface area contributed by atoms with Crippen LogP contribution >= 0.6 is 0 Å². The summed E-state index contributed by atoms with van der Waals surface area (Å²) < 4.78 is 5.27. The number of oxazole rings is 1. The van der Waals surface area contributed by atoms with Gasteiger partial charge in [0.15, 0.2) is 5.89 Å². The van der Waals surface area contributed by atoms with Gasteiger partial charge in [-0.05, 0) is 19.8 Å². The van der Waals surface area contributed by atoms with Crippen molar-refractivity contribution in [2.75, 3.05) is 25.0 Å². The lowest BCUT2D eigenvalue weighted by atomic mass is 10.0. The summed E-state index contributed by atoms with van der Waals surface area (Å²) in [5.41, 5.74) is 2.03. The number of piperidine rings is 1. The summed E-state index contributed by atoms with van der Waals surface area (Å²) in [6, 6.07) is 2.58. The fourth-order valence-electron chi connectivity index (χ4n) is 3.00. The van der Waals surface area contributed by atoms with E-state index in [-0.39, 0.29) is 0 Å². The van der Waals surface area contributed by atoms with E-state index in [0.29, 0.717) is 6.04 Å². The van der Waals surface area contributed by atoms with Crippen LogP contribution in [-0.4, -0.2) is 46.0 Å². The second kappa shape index (κ2) is 6.44. The van der Waals surface area contributed by atoms with Crippen molar-refractivity contribution in [3.8, 4) is 0 Å². The summed E-state index contributed by atoms with van der Waals surface area (Å²) in [5.74, 6) is 1.75. The van der Waals surface area contributed by atoms with Crippen LogP contribution in [0.1, 0.15) is 30.1 Å². The van der Waals surface area contributed by atoms with Crippen molar-refractivity contribution < 1.29 is 4.42 Å². The molecule has 0 N–H and O–H groups in total. The summed E-state index contributed by atoms with van der Waals surface area (Å²) in [4.78, 5) is 17.7. The molecule has 0 radical (unpaired) electrons. The van der Waals surface area contributed by atoms with Crippen molar-refractivity contribution in [3.05, 3.63) is 35.9 Å². The van der Waals surface area contributed by atoms with Gasteiger partial charge >= 0.3 is 0 Å². The maximum atomic E-state index is 5.27. The first-order chi connectivity index (χ1) is 10.6. The molecule has 0 saturated carbocycles. The van der Waals surface area contributed by atoms with Crippen LogP contribution in [0.4, 0.5) is 5.82 Å². The Morgan fingerprint density at radius 3 is 2.68 bits per heavy atom. The van der Waals surface area contributed by atoms with Crippen molar-refractivity contribution in [1.82, 2.24) is 19.9 Å². The number of hydrogen-bond donors (Lipinski definition) is 0. The van der Waals surface area contributed by atoms with Gasteiger partial charge in [-0.2, -0.15) is 0 Å². The Morgan fingerprint density at radius 1 is 1.27 bits per heavy atom. The number of hydrogen-bond acceptors (Lipinski definition) is 6. The molecule has 0 aromatic carbocycles. The summed E-state index contributed by atoms with van der Waals surface area (Å²) >= 11 is 0. The van der Waals surface area contributed by atoms with Gasteiger partial charge in [0.25, 0.3) is 0 Å². The van der Waals surface area contributed by atoms with Crippen molar-refractivity contribution in [3.63, 3.8) is 0 Å². The molecule has 0 spiro atoms. The number of likely N-dealkylation sites (tertiary alicyclic amines) is 1. The van der Waals surface area contributed by atoms with Crippen molar-refractivity contribution in [2.45, 2.75) is 39.3 Å². The zero-order valence-electron chi connectivity index (χ0n) is 13.5. The molecule has 1 saturated heterocycles. The predicted molar refractivity (Wildman–Crippen MR) is 84.7 cm³/mol. The summed E-state index contributed by atoms with van der Waals surface area (Å²) in [7, 11) is 2.13. The first-order valence-electron chi connectivity index (χ1n) is 7.76. The fourth-order valence-corrected chi connectivity index (χ4v) is 3.00. The van der Waals surface area contributed by atoms with Gasteiger partial charge in [0.05, 0.1) is 5.69 Å². The van der Waals surface area contributed by atoms with E-state index in [1.807, 2.05) is 19.9 Å². The second-order valence-electron chi connectivity index (χ2n) is 5.99. The highest BCUT2D eigenvalue weighted by atomic mass is 16.3. The third kappa shape index (κ3) is 3.44. The largest absolute Gasteiger partial charge is 0.449 e. The lowest BCUT2D eigenvalue weighted by Gasteiger charge is -2.37. The minimum absolute atomic E-state index is 0.532. The van der Waals surface area contributed by atoms with Crippen LogP contribution in [0.3, 0.4) is 0 Å². The van der Waals surface area contributed by atoms with Crippen LogP contribution < -0.4 is 4.90 Å². The van der Waals surface area contributed by atoms with Gasteiger partial charge in [0.1, 0.15) is 18.4 Å². The molecule has 0 atom stereocenters. The van der Waals surface area contributed by atoms with Crippen molar-refractivity contribution in [2.24, 2.45) is 0 Å². The Kier molecular flexibility index (Phi) is 4.38. The number of aryl methyl sites for hydroxylation is 2. The number of anilines is 1. The molecule has 2 aromatic heterocycles. The molecule has 3 rings (SSSR count). The Balaban J connectivity index is 1.55. The van der Waals surface area contributed by atoms with Crippen LogP contribution in [0.15, 0.2) is 23.1 Å². The number of aromatic nitrogens is 3. The smallest absolute Gasteiger partial charge is 0.191 e. The Morgan fingerprint density at radius 2 is 2.05 bits per heavy atom. The fraction of sp³-hybridized carbons (Fsp3) is 0.562. The average molecular weight is 301 g/mol. The van der Waals surface area contributed by atoms with E-state index in [9.17, 15) is 0 Å². The zero-order valence-corrected chi connectivity index (χ0v) is 13.5. The zero-order chi connectivity index (χ0) is 15.5. The molecular formula is C16H23N5O. The molecule has 118 valence electrons. The third-order valence-corrected chi connectivity index (χ3v) is 4.31. The van der Waals surface area contributed by atoms with Gasteiger partial charge in [-0.1, -0.05) is 0 Å². The maximum Gasteiger partial charge on any atom is 0.191 e. The molecule has 3 heterocycles. The second-order valence-corrected chi connectivity index (χ2v) is 5.99. The molecule has 6 nitrogen and oxygen atoms in total. The highest BCUT2D eigenvalue weighted by Gasteiger charge is 2.23. The van der Waals surface area contributed by atoms with E-state index in [0.717, 1.165) is 55.6 Å². The Hall–Kier alpha value is -1.95. The molecule has 0 aliphatic carbocycles.